The van der Waals surface area contributed by atoms with E-state index in [-0.39, 0.29) is 5.41 Å². The molecule has 0 bridgehead atoms. The molecule has 3 N–H and O–H groups in total. The van der Waals surface area contributed by atoms with Crippen molar-refractivity contribution >= 4 is 40.6 Å². The first-order valence-corrected chi connectivity index (χ1v) is 14.2. The minimum Gasteiger partial charge on any atom is -0.369 e. The molecule has 3 heterocycles. The fourth-order valence-electron chi connectivity index (χ4n) is 4.76. The predicted octanol–water partition coefficient (Wildman–Crippen LogP) is 4.30. The van der Waals surface area contributed by atoms with Crippen molar-refractivity contribution in [3.05, 3.63) is 35.9 Å². The van der Waals surface area contributed by atoms with E-state index >= 15 is 0 Å². The molecule has 0 unspecified atom stereocenters. The topological polar surface area (TPSA) is 71.6 Å². The van der Waals surface area contributed by atoms with Crippen molar-refractivity contribution < 1.29 is 0 Å². The van der Waals surface area contributed by atoms with Crippen LogP contribution in [0.25, 0.3) is 0 Å². The summed E-state index contributed by atoms with van der Waals surface area (Å²) in [5, 5.41) is 10.8. The Bertz CT molecular complexity index is 974. The third-order valence-electron chi connectivity index (χ3n) is 7.11. The lowest BCUT2D eigenvalue weighted by molar-refractivity contribution is 0.352. The molecule has 2 aliphatic rings. The number of benzene rings is 1. The molecule has 4 rings (SSSR count). The lowest BCUT2D eigenvalue weighted by atomic mass is 9.87. The minimum atomic E-state index is 0.149. The lowest BCUT2D eigenvalue weighted by Crippen LogP contribution is -2.36. The van der Waals surface area contributed by atoms with E-state index in [0.717, 1.165) is 75.6 Å². The van der Waals surface area contributed by atoms with Gasteiger partial charge in [-0.1, -0.05) is 32.9 Å². The number of nitrogens with one attached hydrogen (secondary N) is 3. The highest BCUT2D eigenvalue weighted by atomic mass is 32.1. The Balaban J connectivity index is 1.19. The van der Waals surface area contributed by atoms with E-state index in [0.29, 0.717) is 5.11 Å². The maximum atomic E-state index is 5.49. The molecule has 0 aliphatic carbocycles. The van der Waals surface area contributed by atoms with Crippen LogP contribution in [0, 0.1) is 0 Å². The Labute approximate surface area is 228 Å². The number of thiocarbonyl (C=S) groups is 1. The van der Waals surface area contributed by atoms with Gasteiger partial charge in [-0.05, 0) is 68.1 Å². The van der Waals surface area contributed by atoms with E-state index in [1.807, 2.05) is 0 Å². The van der Waals surface area contributed by atoms with Gasteiger partial charge in [0.15, 0.2) is 5.11 Å². The average molecular weight is 525 g/mol. The smallest absolute Gasteiger partial charge is 0.229 e. The summed E-state index contributed by atoms with van der Waals surface area (Å²) in [5.74, 6) is 2.85. The summed E-state index contributed by atoms with van der Waals surface area (Å²) in [4.78, 5) is 16.8. The van der Waals surface area contributed by atoms with Crippen LogP contribution in [0.5, 0.6) is 0 Å². The number of aromatic nitrogens is 2. The first-order valence-electron chi connectivity index (χ1n) is 13.7. The van der Waals surface area contributed by atoms with Crippen molar-refractivity contribution in [3.63, 3.8) is 0 Å². The summed E-state index contributed by atoms with van der Waals surface area (Å²) in [6.07, 6.45) is 4.93. The minimum absolute atomic E-state index is 0.149. The van der Waals surface area contributed by atoms with Gasteiger partial charge in [0, 0.05) is 64.1 Å². The van der Waals surface area contributed by atoms with Crippen molar-refractivity contribution in [1.29, 1.82) is 0 Å². The van der Waals surface area contributed by atoms with Crippen LogP contribution in [0.4, 0.5) is 23.3 Å². The summed E-state index contributed by atoms with van der Waals surface area (Å²) in [6.45, 7) is 14.4. The molecule has 202 valence electrons. The Morgan fingerprint density at radius 3 is 2.19 bits per heavy atom. The number of rotatable bonds is 10. The van der Waals surface area contributed by atoms with Gasteiger partial charge in [0.2, 0.25) is 5.95 Å². The van der Waals surface area contributed by atoms with Gasteiger partial charge >= 0.3 is 0 Å². The zero-order valence-corrected chi connectivity index (χ0v) is 23.8. The van der Waals surface area contributed by atoms with Crippen LogP contribution in [0.2, 0.25) is 0 Å². The SMILES string of the molecule is CN(CCNC(=S)Nc1ccc(C(C)(C)C)cc1)CCNc1cc(N2CCCC2)nc(N2CCCC2)n1. The molecule has 0 atom stereocenters. The monoisotopic (exact) mass is 524 g/mol. The zero-order valence-electron chi connectivity index (χ0n) is 23.0. The molecule has 37 heavy (non-hydrogen) atoms. The fourth-order valence-corrected chi connectivity index (χ4v) is 4.98. The van der Waals surface area contributed by atoms with Gasteiger partial charge in [-0.2, -0.15) is 9.97 Å². The van der Waals surface area contributed by atoms with Crippen LogP contribution in [0.3, 0.4) is 0 Å². The Morgan fingerprint density at radius 1 is 0.919 bits per heavy atom. The summed E-state index contributed by atoms with van der Waals surface area (Å²) in [5.41, 5.74) is 2.47. The van der Waals surface area contributed by atoms with E-state index in [4.69, 9.17) is 22.2 Å². The molecule has 0 saturated carbocycles. The number of hydrogen-bond donors (Lipinski definition) is 3. The summed E-state index contributed by atoms with van der Waals surface area (Å²) < 4.78 is 0. The van der Waals surface area contributed by atoms with Crippen molar-refractivity contribution in [2.45, 2.75) is 51.9 Å². The molecule has 2 saturated heterocycles. The highest BCUT2D eigenvalue weighted by Crippen LogP contribution is 2.26. The van der Waals surface area contributed by atoms with Crippen molar-refractivity contribution in [1.82, 2.24) is 20.2 Å². The van der Waals surface area contributed by atoms with E-state index in [2.05, 4.69) is 88.8 Å². The third kappa shape index (κ3) is 8.17. The molecule has 1 aromatic carbocycles. The second kappa shape index (κ2) is 12.7. The van der Waals surface area contributed by atoms with Gasteiger partial charge in [-0.15, -0.1) is 0 Å². The normalized spacial score (nSPS) is 15.9. The molecule has 1 aromatic heterocycles. The first-order chi connectivity index (χ1) is 17.8. The zero-order chi connectivity index (χ0) is 26.3. The summed E-state index contributed by atoms with van der Waals surface area (Å²) >= 11 is 5.49. The van der Waals surface area contributed by atoms with Crippen LogP contribution in [0.15, 0.2) is 30.3 Å². The number of anilines is 4. The van der Waals surface area contributed by atoms with E-state index in [9.17, 15) is 0 Å². The van der Waals surface area contributed by atoms with Crippen LogP contribution < -0.4 is 25.8 Å². The molecule has 9 heteroatoms. The van der Waals surface area contributed by atoms with Crippen molar-refractivity contribution in [2.24, 2.45) is 0 Å². The summed E-state index contributed by atoms with van der Waals surface area (Å²) in [6, 6.07) is 10.6. The van der Waals surface area contributed by atoms with Crippen LogP contribution in [-0.2, 0) is 5.41 Å². The molecular weight excluding hydrogens is 480 g/mol. The second-order valence-corrected chi connectivity index (χ2v) is 11.6. The Hall–Kier alpha value is -2.65. The largest absolute Gasteiger partial charge is 0.369 e. The first kappa shape index (κ1) is 27.4. The van der Waals surface area contributed by atoms with Gasteiger partial charge in [0.25, 0.3) is 0 Å². The van der Waals surface area contributed by atoms with Crippen LogP contribution in [-0.4, -0.2) is 79.4 Å². The highest BCUT2D eigenvalue weighted by molar-refractivity contribution is 7.80. The standard InChI is InChI=1S/C28H44N8S/c1-28(2,3)22-9-11-23(12-10-22)31-27(37)30-14-20-34(4)19-13-29-24-21-25(35-15-5-6-16-35)33-26(32-24)36-17-7-8-18-36/h9-12,21H,5-8,13-20H2,1-4H3,(H,29,32,33)(H2,30,31,37). The Morgan fingerprint density at radius 2 is 1.54 bits per heavy atom. The van der Waals surface area contributed by atoms with Crippen molar-refractivity contribution in [2.75, 3.05) is 79.8 Å². The lowest BCUT2D eigenvalue weighted by Gasteiger charge is -2.22. The predicted molar refractivity (Wildman–Crippen MR) is 160 cm³/mol. The van der Waals surface area contributed by atoms with E-state index in [1.165, 1.54) is 31.2 Å². The van der Waals surface area contributed by atoms with Gasteiger partial charge < -0.3 is 30.7 Å². The quantitative estimate of drug-likeness (QED) is 0.395. The van der Waals surface area contributed by atoms with Gasteiger partial charge in [0.1, 0.15) is 11.6 Å². The molecule has 0 radical (unpaired) electrons. The number of likely N-dealkylation sites (N-methyl/N-ethyl adjacent to an activating group) is 1. The second-order valence-electron chi connectivity index (χ2n) is 11.2. The molecular formula is C28H44N8S. The van der Waals surface area contributed by atoms with Crippen molar-refractivity contribution in [3.8, 4) is 0 Å². The third-order valence-corrected chi connectivity index (χ3v) is 7.35. The van der Waals surface area contributed by atoms with E-state index < -0.39 is 0 Å². The molecule has 2 fully saturated rings. The molecule has 0 spiro atoms. The molecule has 2 aromatic rings. The summed E-state index contributed by atoms with van der Waals surface area (Å²) in [7, 11) is 2.14. The maximum Gasteiger partial charge on any atom is 0.229 e. The molecule has 0 amide bonds. The Kier molecular flexibility index (Phi) is 9.43. The number of nitrogens with zero attached hydrogens (tertiary/aromatic N) is 5. The molecule has 8 nitrogen and oxygen atoms in total. The van der Waals surface area contributed by atoms with Crippen LogP contribution in [0.1, 0.15) is 52.0 Å². The van der Waals surface area contributed by atoms with Gasteiger partial charge in [-0.3, -0.25) is 0 Å². The molecule has 2 aliphatic heterocycles. The number of hydrogen-bond acceptors (Lipinski definition) is 7. The van der Waals surface area contributed by atoms with Gasteiger partial charge in [0.05, 0.1) is 0 Å². The highest BCUT2D eigenvalue weighted by Gasteiger charge is 2.20. The van der Waals surface area contributed by atoms with Crippen LogP contribution >= 0.6 is 12.2 Å². The average Bonchev–Trinajstić information content (AvgIpc) is 3.58. The maximum absolute atomic E-state index is 5.49. The van der Waals surface area contributed by atoms with Gasteiger partial charge in [-0.25, -0.2) is 0 Å². The fraction of sp³-hybridized carbons (Fsp3) is 0.607. The van der Waals surface area contributed by atoms with E-state index in [1.54, 1.807) is 0 Å².